The Kier molecular flexibility index (Phi) is 5.81. The molecule has 4 rings (SSSR count). The van der Waals surface area contributed by atoms with Gasteiger partial charge in [0.25, 0.3) is 0 Å². The van der Waals surface area contributed by atoms with Gasteiger partial charge in [0, 0.05) is 32.7 Å². The molecule has 1 heterocycles. The predicted molar refractivity (Wildman–Crippen MR) is 122 cm³/mol. The lowest BCUT2D eigenvalue weighted by Crippen LogP contribution is -2.00. The third kappa shape index (κ3) is 4.42. The number of anilines is 1. The Morgan fingerprint density at radius 1 is 0.931 bits per heavy atom. The topological polar surface area (TPSA) is 56.7 Å². The van der Waals surface area contributed by atoms with Crippen LogP contribution in [0.15, 0.2) is 71.9 Å². The molecular formula is C22H18Cl2N4S. The van der Waals surface area contributed by atoms with Crippen molar-refractivity contribution >= 4 is 40.7 Å². The summed E-state index contributed by atoms with van der Waals surface area (Å²) in [7, 11) is 0. The number of nitrogen functional groups attached to an aromatic ring is 1. The van der Waals surface area contributed by atoms with Crippen LogP contribution in [0.2, 0.25) is 10.0 Å². The van der Waals surface area contributed by atoms with Gasteiger partial charge in [-0.2, -0.15) is 0 Å². The maximum Gasteiger partial charge on any atom is 0.196 e. The minimum absolute atomic E-state index is 0.622. The largest absolute Gasteiger partial charge is 0.399 e. The fraction of sp³-hybridized carbons (Fsp3) is 0.0909. The Hall–Kier alpha value is -2.47. The van der Waals surface area contributed by atoms with Crippen LogP contribution < -0.4 is 5.73 Å². The van der Waals surface area contributed by atoms with Crippen molar-refractivity contribution in [3.8, 4) is 17.1 Å². The van der Waals surface area contributed by atoms with E-state index in [-0.39, 0.29) is 0 Å². The summed E-state index contributed by atoms with van der Waals surface area (Å²) >= 11 is 13.9. The SMILES string of the molecule is Cc1ccc(-n2c(SCc3ccc(Cl)cc3Cl)nnc2-c2ccc(N)cc2)cc1. The van der Waals surface area contributed by atoms with Gasteiger partial charge >= 0.3 is 0 Å². The number of nitrogens with zero attached hydrogens (tertiary/aromatic N) is 3. The second-order valence-electron chi connectivity index (χ2n) is 6.62. The Labute approximate surface area is 183 Å². The molecule has 2 N–H and O–H groups in total. The number of hydrogen-bond acceptors (Lipinski definition) is 4. The summed E-state index contributed by atoms with van der Waals surface area (Å²) in [6, 6.07) is 21.5. The molecule has 0 radical (unpaired) electrons. The van der Waals surface area contributed by atoms with Gasteiger partial charge in [0.05, 0.1) is 0 Å². The van der Waals surface area contributed by atoms with E-state index in [0.717, 1.165) is 27.8 Å². The van der Waals surface area contributed by atoms with Gasteiger partial charge in [0.15, 0.2) is 11.0 Å². The molecule has 29 heavy (non-hydrogen) atoms. The summed E-state index contributed by atoms with van der Waals surface area (Å²) in [5, 5.41) is 11.0. The predicted octanol–water partition coefficient (Wildman–Crippen LogP) is 6.42. The summed E-state index contributed by atoms with van der Waals surface area (Å²) in [5.41, 5.74) is 10.7. The van der Waals surface area contributed by atoms with E-state index in [0.29, 0.717) is 21.5 Å². The molecule has 4 aromatic rings. The lowest BCUT2D eigenvalue weighted by molar-refractivity contribution is 0.885. The molecule has 0 aliphatic rings. The van der Waals surface area contributed by atoms with Gasteiger partial charge in [-0.15, -0.1) is 10.2 Å². The quantitative estimate of drug-likeness (QED) is 0.287. The zero-order valence-electron chi connectivity index (χ0n) is 15.6. The van der Waals surface area contributed by atoms with Crippen molar-refractivity contribution in [3.05, 3.63) is 87.9 Å². The first-order valence-corrected chi connectivity index (χ1v) is 10.7. The first-order valence-electron chi connectivity index (χ1n) is 8.96. The third-order valence-corrected chi connectivity index (χ3v) is 6.03. The van der Waals surface area contributed by atoms with Crippen LogP contribution in [0.25, 0.3) is 17.1 Å². The van der Waals surface area contributed by atoms with E-state index in [1.807, 2.05) is 36.4 Å². The lowest BCUT2D eigenvalue weighted by atomic mass is 10.2. The molecule has 0 aliphatic heterocycles. The maximum absolute atomic E-state index is 6.33. The molecule has 3 aromatic carbocycles. The van der Waals surface area contributed by atoms with E-state index in [4.69, 9.17) is 28.9 Å². The Morgan fingerprint density at radius 3 is 2.34 bits per heavy atom. The van der Waals surface area contributed by atoms with Gasteiger partial charge in [0.2, 0.25) is 0 Å². The number of rotatable bonds is 5. The average Bonchev–Trinajstić information content (AvgIpc) is 3.12. The lowest BCUT2D eigenvalue weighted by Gasteiger charge is -2.11. The van der Waals surface area contributed by atoms with Gasteiger partial charge in [0.1, 0.15) is 0 Å². The molecular weight excluding hydrogens is 423 g/mol. The second kappa shape index (κ2) is 8.49. The summed E-state index contributed by atoms with van der Waals surface area (Å²) in [5.74, 6) is 1.42. The normalized spacial score (nSPS) is 11.0. The zero-order valence-corrected chi connectivity index (χ0v) is 18.0. The highest BCUT2D eigenvalue weighted by Crippen LogP contribution is 2.32. The van der Waals surface area contributed by atoms with Crippen molar-refractivity contribution in [1.82, 2.24) is 14.8 Å². The summed E-state index contributed by atoms with van der Waals surface area (Å²) in [4.78, 5) is 0. The highest BCUT2D eigenvalue weighted by molar-refractivity contribution is 7.98. The fourth-order valence-electron chi connectivity index (χ4n) is 2.89. The third-order valence-electron chi connectivity index (χ3n) is 4.47. The van der Waals surface area contributed by atoms with Crippen LogP contribution >= 0.6 is 35.0 Å². The van der Waals surface area contributed by atoms with E-state index in [1.54, 1.807) is 17.8 Å². The van der Waals surface area contributed by atoms with Crippen LogP contribution in [0, 0.1) is 6.92 Å². The standard InChI is InChI=1S/C22H18Cl2N4S/c1-14-2-10-19(11-3-14)28-21(15-5-8-18(25)9-6-15)26-27-22(28)29-13-16-4-7-17(23)12-20(16)24/h2-12H,13,25H2,1H3. The van der Waals surface area contributed by atoms with Gasteiger partial charge in [-0.3, -0.25) is 4.57 Å². The average molecular weight is 441 g/mol. The van der Waals surface area contributed by atoms with Crippen molar-refractivity contribution in [2.75, 3.05) is 5.73 Å². The van der Waals surface area contributed by atoms with Gasteiger partial charge in [-0.05, 0) is 61.0 Å². The van der Waals surface area contributed by atoms with Crippen LogP contribution in [-0.2, 0) is 5.75 Å². The van der Waals surface area contributed by atoms with E-state index in [9.17, 15) is 0 Å². The van der Waals surface area contributed by atoms with Crippen molar-refractivity contribution in [3.63, 3.8) is 0 Å². The fourth-order valence-corrected chi connectivity index (χ4v) is 4.40. The minimum Gasteiger partial charge on any atom is -0.399 e. The Bertz CT molecular complexity index is 1140. The summed E-state index contributed by atoms with van der Waals surface area (Å²) < 4.78 is 2.06. The van der Waals surface area contributed by atoms with Gasteiger partial charge in [-0.1, -0.05) is 58.7 Å². The molecule has 0 fully saturated rings. The van der Waals surface area contributed by atoms with Crippen molar-refractivity contribution < 1.29 is 0 Å². The number of hydrogen-bond donors (Lipinski definition) is 1. The maximum atomic E-state index is 6.33. The Balaban J connectivity index is 1.73. The van der Waals surface area contributed by atoms with E-state index < -0.39 is 0 Å². The molecule has 146 valence electrons. The molecule has 0 aliphatic carbocycles. The van der Waals surface area contributed by atoms with E-state index in [2.05, 4.69) is 46.0 Å². The Morgan fingerprint density at radius 2 is 1.66 bits per heavy atom. The van der Waals surface area contributed by atoms with Crippen LogP contribution in [0.3, 0.4) is 0 Å². The number of benzene rings is 3. The van der Waals surface area contributed by atoms with Crippen LogP contribution in [0.4, 0.5) is 5.69 Å². The van der Waals surface area contributed by atoms with Crippen molar-refractivity contribution in [1.29, 1.82) is 0 Å². The smallest absolute Gasteiger partial charge is 0.196 e. The minimum atomic E-state index is 0.622. The molecule has 7 heteroatoms. The molecule has 1 aromatic heterocycles. The van der Waals surface area contributed by atoms with Gasteiger partial charge < -0.3 is 5.73 Å². The van der Waals surface area contributed by atoms with E-state index >= 15 is 0 Å². The van der Waals surface area contributed by atoms with Crippen LogP contribution in [0.5, 0.6) is 0 Å². The molecule has 0 amide bonds. The number of halogens is 2. The molecule has 0 saturated heterocycles. The van der Waals surface area contributed by atoms with Crippen LogP contribution in [0.1, 0.15) is 11.1 Å². The first-order chi connectivity index (χ1) is 14.0. The zero-order chi connectivity index (χ0) is 20.4. The monoisotopic (exact) mass is 440 g/mol. The highest BCUT2D eigenvalue weighted by atomic mass is 35.5. The molecule has 0 unspecified atom stereocenters. The van der Waals surface area contributed by atoms with Crippen molar-refractivity contribution in [2.24, 2.45) is 0 Å². The summed E-state index contributed by atoms with van der Waals surface area (Å²) in [6.07, 6.45) is 0. The highest BCUT2D eigenvalue weighted by Gasteiger charge is 2.17. The van der Waals surface area contributed by atoms with E-state index in [1.165, 1.54) is 5.56 Å². The first kappa shape index (κ1) is 19.8. The molecule has 0 saturated carbocycles. The molecule has 0 bridgehead atoms. The van der Waals surface area contributed by atoms with Crippen LogP contribution in [-0.4, -0.2) is 14.8 Å². The van der Waals surface area contributed by atoms with Gasteiger partial charge in [-0.25, -0.2) is 0 Å². The number of thioether (sulfide) groups is 1. The number of aryl methyl sites for hydroxylation is 1. The number of aromatic nitrogens is 3. The molecule has 0 atom stereocenters. The molecule has 0 spiro atoms. The number of nitrogens with two attached hydrogens (primary N) is 1. The van der Waals surface area contributed by atoms with Crippen molar-refractivity contribution in [2.45, 2.75) is 17.8 Å². The summed E-state index contributed by atoms with van der Waals surface area (Å²) in [6.45, 7) is 2.06. The molecule has 4 nitrogen and oxygen atoms in total. The second-order valence-corrected chi connectivity index (χ2v) is 8.41.